The van der Waals surface area contributed by atoms with Crippen LogP contribution < -0.4 is 10.2 Å². The van der Waals surface area contributed by atoms with Crippen molar-refractivity contribution in [1.29, 1.82) is 5.26 Å². The third kappa shape index (κ3) is 4.13. The Morgan fingerprint density at radius 3 is 2.69 bits per heavy atom. The van der Waals surface area contributed by atoms with Gasteiger partial charge in [0.1, 0.15) is 11.9 Å². The number of nitriles is 1. The summed E-state index contributed by atoms with van der Waals surface area (Å²) >= 11 is 0. The van der Waals surface area contributed by atoms with Gasteiger partial charge in [-0.1, -0.05) is 24.3 Å². The number of aryl methyl sites for hydroxylation is 1. The van der Waals surface area contributed by atoms with Crippen molar-refractivity contribution in [3.8, 4) is 6.07 Å². The topological polar surface area (TPSA) is 102 Å². The number of carbonyl (C=O) groups is 1. The summed E-state index contributed by atoms with van der Waals surface area (Å²) in [4.78, 5) is 23.1. The van der Waals surface area contributed by atoms with Gasteiger partial charge in [0.25, 0.3) is 0 Å². The molecule has 1 aliphatic heterocycles. The van der Waals surface area contributed by atoms with Crippen LogP contribution in [-0.2, 0) is 13.1 Å². The minimum atomic E-state index is -1.01. The maximum absolute atomic E-state index is 13.7. The fraction of sp³-hybridized carbons (Fsp3) is 0.185. The smallest absolute Gasteiger partial charge is 0.337 e. The Kier molecular flexibility index (Phi) is 5.53. The number of nitrogens with zero attached hydrogens (tertiary/aromatic N) is 4. The molecule has 0 fully saturated rings. The van der Waals surface area contributed by atoms with Crippen molar-refractivity contribution < 1.29 is 14.3 Å². The standard InChI is InChI=1S/C27H22FN5O2/c1-15-9-21(16(2)30-22-6-4-3-5-20(22)27(34)35)25-23(10-15)31-24(12-29)26(32-25)33-13-17-7-8-19(28)11-18(17)14-33/h3-11,16,30H,13-14H2,1-2H3,(H,34,35)/t16-/m1/s1. The zero-order chi connectivity index (χ0) is 24.7. The van der Waals surface area contributed by atoms with Crippen LogP contribution in [0.2, 0.25) is 0 Å². The van der Waals surface area contributed by atoms with E-state index in [0.717, 1.165) is 22.3 Å². The maximum atomic E-state index is 13.7. The number of benzene rings is 3. The average molecular weight is 468 g/mol. The Labute approximate surface area is 201 Å². The molecule has 0 spiro atoms. The summed E-state index contributed by atoms with van der Waals surface area (Å²) in [6, 6.07) is 17.2. The molecule has 0 unspecified atom stereocenters. The predicted octanol–water partition coefficient (Wildman–Crippen LogP) is 5.34. The number of para-hydroxylation sites is 1. The number of aromatic carboxylic acids is 1. The monoisotopic (exact) mass is 467 g/mol. The molecule has 0 radical (unpaired) electrons. The summed E-state index contributed by atoms with van der Waals surface area (Å²) in [6.07, 6.45) is 0. The fourth-order valence-electron chi connectivity index (χ4n) is 4.57. The van der Waals surface area contributed by atoms with Crippen LogP contribution in [0.4, 0.5) is 15.9 Å². The van der Waals surface area contributed by atoms with E-state index in [9.17, 15) is 19.6 Å². The van der Waals surface area contributed by atoms with E-state index in [1.54, 1.807) is 30.3 Å². The second kappa shape index (κ2) is 8.69. The molecule has 35 heavy (non-hydrogen) atoms. The summed E-state index contributed by atoms with van der Waals surface area (Å²) in [6.45, 7) is 4.81. The molecule has 174 valence electrons. The van der Waals surface area contributed by atoms with E-state index in [1.807, 2.05) is 30.9 Å². The minimum absolute atomic E-state index is 0.178. The van der Waals surface area contributed by atoms with Crippen LogP contribution in [0.1, 0.15) is 51.3 Å². The van der Waals surface area contributed by atoms with Crippen molar-refractivity contribution >= 4 is 28.5 Å². The van der Waals surface area contributed by atoms with Crippen LogP contribution in [0.5, 0.6) is 0 Å². The molecule has 4 aromatic rings. The average Bonchev–Trinajstić information content (AvgIpc) is 3.25. The Balaban J connectivity index is 1.58. The number of rotatable bonds is 5. The SMILES string of the molecule is Cc1cc([C@@H](C)Nc2ccccc2C(=O)O)c2nc(N3Cc4ccc(F)cc4C3)c(C#N)nc2c1. The Morgan fingerprint density at radius 1 is 1.14 bits per heavy atom. The number of carboxylic acid groups (broad SMARTS) is 1. The zero-order valence-electron chi connectivity index (χ0n) is 19.2. The highest BCUT2D eigenvalue weighted by Gasteiger charge is 2.25. The van der Waals surface area contributed by atoms with Gasteiger partial charge in [-0.15, -0.1) is 0 Å². The Morgan fingerprint density at radius 2 is 1.91 bits per heavy atom. The van der Waals surface area contributed by atoms with Crippen LogP contribution in [0.25, 0.3) is 11.0 Å². The van der Waals surface area contributed by atoms with E-state index in [0.29, 0.717) is 35.6 Å². The third-order valence-electron chi connectivity index (χ3n) is 6.22. The number of nitrogens with one attached hydrogen (secondary N) is 1. The number of hydrogen-bond acceptors (Lipinski definition) is 6. The molecule has 1 atom stereocenters. The second-order valence-electron chi connectivity index (χ2n) is 8.72. The molecule has 5 rings (SSSR count). The van der Waals surface area contributed by atoms with Gasteiger partial charge >= 0.3 is 5.97 Å². The van der Waals surface area contributed by atoms with Crippen molar-refractivity contribution in [3.05, 3.63) is 93.9 Å². The van der Waals surface area contributed by atoms with Gasteiger partial charge in [0.05, 0.1) is 22.6 Å². The van der Waals surface area contributed by atoms with Gasteiger partial charge in [-0.05, 0) is 60.9 Å². The molecular weight excluding hydrogens is 445 g/mol. The number of carboxylic acids is 1. The lowest BCUT2D eigenvalue weighted by atomic mass is 10.0. The largest absolute Gasteiger partial charge is 0.478 e. The molecule has 2 heterocycles. The molecule has 0 aliphatic carbocycles. The van der Waals surface area contributed by atoms with E-state index >= 15 is 0 Å². The number of hydrogen-bond donors (Lipinski definition) is 2. The molecule has 1 aliphatic rings. The van der Waals surface area contributed by atoms with Crippen molar-refractivity contribution in [1.82, 2.24) is 9.97 Å². The van der Waals surface area contributed by atoms with Crippen molar-refractivity contribution in [2.45, 2.75) is 33.0 Å². The Bertz CT molecular complexity index is 1530. The fourth-order valence-corrected chi connectivity index (χ4v) is 4.57. The first-order valence-electron chi connectivity index (χ1n) is 11.2. The molecule has 0 saturated heterocycles. The van der Waals surface area contributed by atoms with Gasteiger partial charge in [0.2, 0.25) is 0 Å². The van der Waals surface area contributed by atoms with E-state index < -0.39 is 5.97 Å². The molecule has 1 aromatic heterocycles. The first kappa shape index (κ1) is 22.3. The van der Waals surface area contributed by atoms with Crippen LogP contribution in [0, 0.1) is 24.1 Å². The third-order valence-corrected chi connectivity index (χ3v) is 6.22. The van der Waals surface area contributed by atoms with Crippen LogP contribution in [0.3, 0.4) is 0 Å². The molecule has 8 heteroatoms. The molecule has 0 bridgehead atoms. The first-order chi connectivity index (χ1) is 16.8. The summed E-state index contributed by atoms with van der Waals surface area (Å²) in [5.74, 6) is -0.866. The molecule has 3 aromatic carbocycles. The van der Waals surface area contributed by atoms with Gasteiger partial charge in [-0.3, -0.25) is 0 Å². The molecule has 0 saturated carbocycles. The molecule has 7 nitrogen and oxygen atoms in total. The minimum Gasteiger partial charge on any atom is -0.478 e. The summed E-state index contributed by atoms with van der Waals surface area (Å²) in [5.41, 5.74) is 5.73. The van der Waals surface area contributed by atoms with Gasteiger partial charge in [-0.2, -0.15) is 5.26 Å². The van der Waals surface area contributed by atoms with Gasteiger partial charge in [0, 0.05) is 24.3 Å². The highest BCUT2D eigenvalue weighted by atomic mass is 19.1. The zero-order valence-corrected chi connectivity index (χ0v) is 19.2. The summed E-state index contributed by atoms with van der Waals surface area (Å²) in [5, 5.41) is 22.7. The highest BCUT2D eigenvalue weighted by Crippen LogP contribution is 2.33. The van der Waals surface area contributed by atoms with E-state index in [1.165, 1.54) is 12.1 Å². The van der Waals surface area contributed by atoms with Crippen molar-refractivity contribution in [2.75, 3.05) is 10.2 Å². The summed E-state index contributed by atoms with van der Waals surface area (Å²) in [7, 11) is 0. The Hall–Kier alpha value is -4.51. The van der Waals surface area contributed by atoms with Crippen LogP contribution >= 0.6 is 0 Å². The van der Waals surface area contributed by atoms with Crippen molar-refractivity contribution in [2.24, 2.45) is 0 Å². The van der Waals surface area contributed by atoms with Crippen LogP contribution in [-0.4, -0.2) is 21.0 Å². The lowest BCUT2D eigenvalue weighted by Crippen LogP contribution is -2.19. The van der Waals surface area contributed by atoms with E-state index in [4.69, 9.17) is 4.98 Å². The van der Waals surface area contributed by atoms with Gasteiger partial charge in [0.15, 0.2) is 11.5 Å². The number of anilines is 2. The second-order valence-corrected chi connectivity index (χ2v) is 8.72. The lowest BCUT2D eigenvalue weighted by Gasteiger charge is -2.22. The first-order valence-corrected chi connectivity index (χ1v) is 11.2. The van der Waals surface area contributed by atoms with Crippen LogP contribution in [0.15, 0.2) is 54.6 Å². The maximum Gasteiger partial charge on any atom is 0.337 e. The normalized spacial score (nSPS) is 13.4. The molecular formula is C27H22FN5O2. The van der Waals surface area contributed by atoms with Crippen molar-refractivity contribution in [3.63, 3.8) is 0 Å². The molecule has 0 amide bonds. The number of halogens is 1. The predicted molar refractivity (Wildman–Crippen MR) is 131 cm³/mol. The highest BCUT2D eigenvalue weighted by molar-refractivity contribution is 5.94. The van der Waals surface area contributed by atoms with E-state index in [2.05, 4.69) is 16.4 Å². The van der Waals surface area contributed by atoms with E-state index in [-0.39, 0.29) is 23.1 Å². The van der Waals surface area contributed by atoms with Gasteiger partial charge in [-0.25, -0.2) is 19.2 Å². The number of aromatic nitrogens is 2. The summed E-state index contributed by atoms with van der Waals surface area (Å²) < 4.78 is 13.7. The van der Waals surface area contributed by atoms with Gasteiger partial charge < -0.3 is 15.3 Å². The number of fused-ring (bicyclic) bond motifs is 2. The quantitative estimate of drug-likeness (QED) is 0.408. The lowest BCUT2D eigenvalue weighted by molar-refractivity contribution is 0.0698. The molecule has 2 N–H and O–H groups in total.